The average molecular weight is 378 g/mol. The molecule has 2 aliphatic rings. The highest BCUT2D eigenvalue weighted by molar-refractivity contribution is 6.59. The lowest BCUT2D eigenvalue weighted by Gasteiger charge is -2.32. The molecule has 0 aliphatic heterocycles. The van der Waals surface area contributed by atoms with Crippen molar-refractivity contribution in [2.24, 2.45) is 0 Å². The molecule has 0 fully saturated rings. The molecule has 4 aromatic rings. The summed E-state index contributed by atoms with van der Waals surface area (Å²) in [6, 6.07) is 26.7. The third-order valence-electron chi connectivity index (χ3n) is 6.38. The van der Waals surface area contributed by atoms with Crippen LogP contribution in [0.1, 0.15) is 22.3 Å². The zero-order valence-corrected chi connectivity index (χ0v) is 15.4. The minimum atomic E-state index is -1.62. The largest absolute Gasteiger partial charge is 0.488 e. The van der Waals surface area contributed by atoms with Crippen LogP contribution < -0.4 is 5.46 Å². The Labute approximate surface area is 168 Å². The molecule has 4 aromatic carbocycles. The van der Waals surface area contributed by atoms with Crippen LogP contribution in [0.4, 0.5) is 4.39 Å². The quantitative estimate of drug-likeness (QED) is 0.427. The maximum atomic E-state index is 14.5. The Morgan fingerprint density at radius 1 is 0.621 bits per heavy atom. The van der Waals surface area contributed by atoms with Crippen LogP contribution in [0.2, 0.25) is 0 Å². The molecule has 2 aliphatic carbocycles. The van der Waals surface area contributed by atoms with Crippen molar-refractivity contribution in [3.8, 4) is 22.3 Å². The molecule has 138 valence electrons. The fourth-order valence-corrected chi connectivity index (χ4v) is 5.42. The first-order valence-corrected chi connectivity index (χ1v) is 9.63. The Hall–Kier alpha value is -3.21. The summed E-state index contributed by atoms with van der Waals surface area (Å²) in [4.78, 5) is 0. The van der Waals surface area contributed by atoms with E-state index in [1.54, 1.807) is 12.1 Å². The lowest BCUT2D eigenvalue weighted by molar-refractivity contribution is 0.425. The second-order valence-electron chi connectivity index (χ2n) is 7.67. The van der Waals surface area contributed by atoms with Gasteiger partial charge in [-0.05, 0) is 62.1 Å². The normalized spacial score (nSPS) is 17.6. The highest BCUT2D eigenvalue weighted by atomic mass is 19.1. The van der Waals surface area contributed by atoms with Crippen LogP contribution in [-0.2, 0) is 5.41 Å². The van der Waals surface area contributed by atoms with Gasteiger partial charge in [-0.3, -0.25) is 0 Å². The van der Waals surface area contributed by atoms with E-state index in [2.05, 4.69) is 24.3 Å². The van der Waals surface area contributed by atoms with Crippen molar-refractivity contribution in [1.82, 2.24) is 0 Å². The van der Waals surface area contributed by atoms with Crippen LogP contribution in [0.25, 0.3) is 22.3 Å². The molecule has 0 bridgehead atoms. The minimum Gasteiger partial charge on any atom is -0.423 e. The van der Waals surface area contributed by atoms with E-state index in [-0.39, 0.29) is 5.82 Å². The van der Waals surface area contributed by atoms with E-state index in [9.17, 15) is 14.4 Å². The number of rotatable bonds is 1. The van der Waals surface area contributed by atoms with Crippen molar-refractivity contribution in [1.29, 1.82) is 0 Å². The fourth-order valence-electron chi connectivity index (χ4n) is 5.42. The second kappa shape index (κ2) is 5.66. The fraction of sp³-hybridized carbons (Fsp3) is 0.0400. The topological polar surface area (TPSA) is 40.5 Å². The molecule has 0 radical (unpaired) electrons. The Kier molecular flexibility index (Phi) is 3.26. The Morgan fingerprint density at radius 3 is 1.90 bits per heavy atom. The maximum absolute atomic E-state index is 14.5. The molecule has 1 atom stereocenters. The van der Waals surface area contributed by atoms with Gasteiger partial charge in [0.2, 0.25) is 0 Å². The number of halogens is 1. The monoisotopic (exact) mass is 378 g/mol. The van der Waals surface area contributed by atoms with Crippen molar-refractivity contribution in [2.75, 3.05) is 0 Å². The maximum Gasteiger partial charge on any atom is 0.488 e. The molecule has 1 unspecified atom stereocenters. The Balaban J connectivity index is 1.89. The van der Waals surface area contributed by atoms with Crippen molar-refractivity contribution in [2.45, 2.75) is 5.41 Å². The number of hydrogen-bond acceptors (Lipinski definition) is 2. The first-order chi connectivity index (χ1) is 14.1. The summed E-state index contributed by atoms with van der Waals surface area (Å²) in [6.45, 7) is 0. The third kappa shape index (κ3) is 1.93. The minimum absolute atomic E-state index is 0.302. The van der Waals surface area contributed by atoms with Crippen LogP contribution >= 0.6 is 0 Å². The van der Waals surface area contributed by atoms with Crippen molar-refractivity contribution >= 4 is 12.6 Å². The molecule has 1 spiro atoms. The molecule has 0 saturated heterocycles. The summed E-state index contributed by atoms with van der Waals surface area (Å²) >= 11 is 0. The Morgan fingerprint density at radius 2 is 1.21 bits per heavy atom. The zero-order valence-electron chi connectivity index (χ0n) is 15.4. The van der Waals surface area contributed by atoms with Gasteiger partial charge >= 0.3 is 7.12 Å². The molecular weight excluding hydrogens is 362 g/mol. The molecular formula is C25H16BFO2. The highest BCUT2D eigenvalue weighted by Gasteiger charge is 2.53. The Bertz CT molecular complexity index is 1300. The van der Waals surface area contributed by atoms with E-state index in [0.29, 0.717) is 5.46 Å². The van der Waals surface area contributed by atoms with Gasteiger partial charge in [-0.15, -0.1) is 0 Å². The van der Waals surface area contributed by atoms with Gasteiger partial charge < -0.3 is 10.0 Å². The van der Waals surface area contributed by atoms with E-state index >= 15 is 0 Å². The molecule has 0 aromatic heterocycles. The van der Waals surface area contributed by atoms with E-state index in [4.69, 9.17) is 0 Å². The zero-order chi connectivity index (χ0) is 19.8. The van der Waals surface area contributed by atoms with Crippen molar-refractivity contribution in [3.05, 3.63) is 113 Å². The lowest BCUT2D eigenvalue weighted by atomic mass is 9.64. The summed E-state index contributed by atoms with van der Waals surface area (Å²) in [5, 5.41) is 20.5. The van der Waals surface area contributed by atoms with Crippen LogP contribution in [0.5, 0.6) is 0 Å². The van der Waals surface area contributed by atoms with E-state index < -0.39 is 12.5 Å². The van der Waals surface area contributed by atoms with Crippen LogP contribution in [0.3, 0.4) is 0 Å². The smallest absolute Gasteiger partial charge is 0.423 e. The van der Waals surface area contributed by atoms with Crippen molar-refractivity contribution < 1.29 is 14.4 Å². The first kappa shape index (κ1) is 16.7. The van der Waals surface area contributed by atoms with Crippen LogP contribution in [0, 0.1) is 5.82 Å². The van der Waals surface area contributed by atoms with Gasteiger partial charge in [0.05, 0.1) is 5.41 Å². The lowest BCUT2D eigenvalue weighted by Crippen LogP contribution is -2.40. The summed E-state index contributed by atoms with van der Waals surface area (Å²) in [6.07, 6.45) is 0. The number of fused-ring (bicyclic) bond motifs is 10. The summed E-state index contributed by atoms with van der Waals surface area (Å²) in [7, 11) is -1.62. The summed E-state index contributed by atoms with van der Waals surface area (Å²) < 4.78 is 14.5. The highest BCUT2D eigenvalue weighted by Crippen LogP contribution is 2.62. The van der Waals surface area contributed by atoms with Gasteiger partial charge in [0.25, 0.3) is 0 Å². The van der Waals surface area contributed by atoms with Crippen LogP contribution in [-0.4, -0.2) is 17.2 Å². The van der Waals surface area contributed by atoms with Gasteiger partial charge in [0.1, 0.15) is 5.82 Å². The van der Waals surface area contributed by atoms with E-state index in [1.807, 2.05) is 42.5 Å². The van der Waals surface area contributed by atoms with Gasteiger partial charge in [-0.1, -0.05) is 72.8 Å². The SMILES string of the molecule is OB(O)c1cccc2c1C1(c3ccccc3-c3ccc(F)cc31)c1ccccc1-2. The average Bonchev–Trinajstić information content (AvgIpc) is 3.20. The van der Waals surface area contributed by atoms with E-state index in [1.165, 1.54) is 6.07 Å². The van der Waals surface area contributed by atoms with Gasteiger partial charge in [-0.25, -0.2) is 4.39 Å². The second-order valence-corrected chi connectivity index (χ2v) is 7.67. The molecule has 0 amide bonds. The summed E-state index contributed by atoms with van der Waals surface area (Å²) in [5.74, 6) is -0.302. The molecule has 29 heavy (non-hydrogen) atoms. The summed E-state index contributed by atoms with van der Waals surface area (Å²) in [5.41, 5.74) is 7.45. The molecule has 4 heteroatoms. The van der Waals surface area contributed by atoms with Gasteiger partial charge in [-0.2, -0.15) is 0 Å². The molecule has 6 rings (SSSR count). The van der Waals surface area contributed by atoms with Crippen molar-refractivity contribution in [3.63, 3.8) is 0 Å². The van der Waals surface area contributed by atoms with Crippen LogP contribution in [0.15, 0.2) is 84.9 Å². The molecule has 0 saturated carbocycles. The number of hydrogen-bond donors (Lipinski definition) is 2. The molecule has 2 N–H and O–H groups in total. The molecule has 2 nitrogen and oxygen atoms in total. The van der Waals surface area contributed by atoms with Gasteiger partial charge in [0, 0.05) is 0 Å². The molecule has 0 heterocycles. The predicted molar refractivity (Wildman–Crippen MR) is 113 cm³/mol. The number of benzene rings is 4. The van der Waals surface area contributed by atoms with Gasteiger partial charge in [0.15, 0.2) is 0 Å². The van der Waals surface area contributed by atoms with E-state index in [0.717, 1.165) is 44.5 Å². The third-order valence-corrected chi connectivity index (χ3v) is 6.38. The first-order valence-electron chi connectivity index (χ1n) is 9.63. The standard InChI is InChI=1S/C25H16BFO2/c27-15-12-13-18-16-6-1-3-9-20(16)25(22(18)14-15)21-10-4-2-7-17(21)19-8-5-11-23(24(19)25)26(28)29/h1-14,28-29H. The predicted octanol–water partition coefficient (Wildman–Crippen LogP) is 3.85.